The van der Waals surface area contributed by atoms with Gasteiger partial charge in [0.1, 0.15) is 0 Å². The summed E-state index contributed by atoms with van der Waals surface area (Å²) in [7, 11) is -2.99. The summed E-state index contributed by atoms with van der Waals surface area (Å²) in [4.78, 5) is 0. The maximum absolute atomic E-state index is 11.6. The van der Waals surface area contributed by atoms with Gasteiger partial charge in [-0.15, -0.1) is 0 Å². The van der Waals surface area contributed by atoms with Crippen LogP contribution in [0.25, 0.3) is 0 Å². The number of hydrogen-bond donors (Lipinski definition) is 0. The van der Waals surface area contributed by atoms with E-state index in [4.69, 9.17) is 0 Å². The molecule has 1 aromatic carbocycles. The van der Waals surface area contributed by atoms with Crippen molar-refractivity contribution in [2.24, 2.45) is 0 Å². The summed E-state index contributed by atoms with van der Waals surface area (Å²) < 4.78 is 23.3. The molecule has 1 aromatic rings. The van der Waals surface area contributed by atoms with Crippen molar-refractivity contribution in [3.8, 4) is 0 Å². The summed E-state index contributed by atoms with van der Waals surface area (Å²) in [6, 6.07) is 9.46. The molecule has 0 unspecified atom stereocenters. The Bertz CT molecular complexity index is 381. The van der Waals surface area contributed by atoms with Crippen molar-refractivity contribution in [1.82, 2.24) is 0 Å². The zero-order valence-electron chi connectivity index (χ0n) is 9.31. The third kappa shape index (κ3) is 3.67. The van der Waals surface area contributed by atoms with Crippen molar-refractivity contribution in [2.45, 2.75) is 31.4 Å². The minimum Gasteiger partial charge on any atom is -0.228 e. The van der Waals surface area contributed by atoms with Crippen LogP contribution in [-0.4, -0.2) is 14.7 Å². The van der Waals surface area contributed by atoms with Gasteiger partial charge in [0, 0.05) is 6.26 Å². The van der Waals surface area contributed by atoms with E-state index >= 15 is 0 Å². The predicted octanol–water partition coefficient (Wildman–Crippen LogP) is 2.96. The molecule has 84 valence electrons. The molecular weight excluding hydrogens is 208 g/mol. The van der Waals surface area contributed by atoms with Gasteiger partial charge in [0.2, 0.25) is 0 Å². The number of unbranched alkanes of at least 4 members (excludes halogenated alkanes) is 1. The number of hydrogen-bond acceptors (Lipinski definition) is 2. The Hall–Kier alpha value is -0.830. The first-order chi connectivity index (χ1) is 7.05. The fourth-order valence-corrected chi connectivity index (χ4v) is 2.93. The number of rotatable bonds is 5. The van der Waals surface area contributed by atoms with Crippen LogP contribution in [0.1, 0.15) is 37.0 Å². The lowest BCUT2D eigenvalue weighted by Gasteiger charge is -2.14. The van der Waals surface area contributed by atoms with Gasteiger partial charge in [-0.25, -0.2) is 8.42 Å². The average molecular weight is 226 g/mol. The van der Waals surface area contributed by atoms with E-state index in [-0.39, 0.29) is 5.25 Å². The third-order valence-electron chi connectivity index (χ3n) is 2.51. The van der Waals surface area contributed by atoms with Crippen molar-refractivity contribution in [3.63, 3.8) is 0 Å². The fraction of sp³-hybridized carbons (Fsp3) is 0.500. The van der Waals surface area contributed by atoms with Crippen LogP contribution in [0.4, 0.5) is 0 Å². The van der Waals surface area contributed by atoms with Crippen LogP contribution >= 0.6 is 0 Å². The Kier molecular flexibility index (Phi) is 4.33. The zero-order valence-corrected chi connectivity index (χ0v) is 10.1. The molecule has 0 aromatic heterocycles. The molecule has 0 bridgehead atoms. The monoisotopic (exact) mass is 226 g/mol. The smallest absolute Gasteiger partial charge is 0.154 e. The molecule has 2 nitrogen and oxygen atoms in total. The van der Waals surface area contributed by atoms with Crippen LogP contribution in [0.15, 0.2) is 30.3 Å². The molecule has 3 heteroatoms. The number of benzene rings is 1. The highest BCUT2D eigenvalue weighted by Gasteiger charge is 2.21. The molecule has 0 fully saturated rings. The van der Waals surface area contributed by atoms with Crippen LogP contribution in [0.2, 0.25) is 0 Å². The standard InChI is InChI=1S/C12H18O2S/c1-3-4-10-12(15(2,13)14)11-8-6-5-7-9-11/h5-9,12H,3-4,10H2,1-2H3/t12-/m0/s1. The second-order valence-corrected chi connectivity index (χ2v) is 6.10. The van der Waals surface area contributed by atoms with Gasteiger partial charge in [0.25, 0.3) is 0 Å². The van der Waals surface area contributed by atoms with E-state index < -0.39 is 9.84 Å². The van der Waals surface area contributed by atoms with Gasteiger partial charge in [0.05, 0.1) is 5.25 Å². The van der Waals surface area contributed by atoms with Gasteiger partial charge in [-0.1, -0.05) is 50.1 Å². The minimum atomic E-state index is -2.99. The van der Waals surface area contributed by atoms with E-state index in [0.29, 0.717) is 0 Å². The topological polar surface area (TPSA) is 34.1 Å². The van der Waals surface area contributed by atoms with Crippen LogP contribution in [0, 0.1) is 0 Å². The number of sulfone groups is 1. The second-order valence-electron chi connectivity index (χ2n) is 3.87. The highest BCUT2D eigenvalue weighted by atomic mass is 32.2. The van der Waals surface area contributed by atoms with Gasteiger partial charge in [-0.2, -0.15) is 0 Å². The van der Waals surface area contributed by atoms with Gasteiger partial charge >= 0.3 is 0 Å². The molecule has 0 aliphatic carbocycles. The SMILES string of the molecule is CCCC[C@@H](c1ccccc1)S(C)(=O)=O. The van der Waals surface area contributed by atoms with E-state index in [0.717, 1.165) is 24.8 Å². The van der Waals surface area contributed by atoms with Crippen LogP contribution in [0.5, 0.6) is 0 Å². The Morgan fingerprint density at radius 2 is 1.80 bits per heavy atom. The Morgan fingerprint density at radius 1 is 1.20 bits per heavy atom. The summed E-state index contributed by atoms with van der Waals surface area (Å²) in [5.74, 6) is 0. The zero-order chi connectivity index (χ0) is 11.3. The van der Waals surface area contributed by atoms with Crippen molar-refractivity contribution in [3.05, 3.63) is 35.9 Å². The van der Waals surface area contributed by atoms with E-state index in [1.54, 1.807) is 0 Å². The van der Waals surface area contributed by atoms with Crippen LogP contribution in [0.3, 0.4) is 0 Å². The normalized spacial score (nSPS) is 13.7. The maximum atomic E-state index is 11.6. The molecule has 0 saturated carbocycles. The molecule has 0 N–H and O–H groups in total. The van der Waals surface area contributed by atoms with Gasteiger partial charge in [0.15, 0.2) is 9.84 Å². The molecule has 0 amide bonds. The van der Waals surface area contributed by atoms with Crippen molar-refractivity contribution in [1.29, 1.82) is 0 Å². The van der Waals surface area contributed by atoms with Gasteiger partial charge < -0.3 is 0 Å². The van der Waals surface area contributed by atoms with Crippen molar-refractivity contribution >= 4 is 9.84 Å². The Balaban J connectivity index is 2.92. The van der Waals surface area contributed by atoms with E-state index in [1.165, 1.54) is 6.26 Å². The first-order valence-electron chi connectivity index (χ1n) is 5.29. The lowest BCUT2D eigenvalue weighted by molar-refractivity contribution is 0.574. The quantitative estimate of drug-likeness (QED) is 0.773. The molecule has 0 spiro atoms. The molecule has 1 rings (SSSR count). The first kappa shape index (κ1) is 12.2. The fourth-order valence-electron chi connectivity index (χ4n) is 1.69. The molecular formula is C12H18O2S. The van der Waals surface area contributed by atoms with Crippen LogP contribution < -0.4 is 0 Å². The van der Waals surface area contributed by atoms with Crippen molar-refractivity contribution in [2.75, 3.05) is 6.26 Å². The molecule has 0 radical (unpaired) electrons. The summed E-state index contributed by atoms with van der Waals surface area (Å²) in [6.07, 6.45) is 4.02. The molecule has 1 atom stereocenters. The predicted molar refractivity (Wildman–Crippen MR) is 63.6 cm³/mol. The van der Waals surface area contributed by atoms with E-state index in [9.17, 15) is 8.42 Å². The maximum Gasteiger partial charge on any atom is 0.154 e. The highest BCUT2D eigenvalue weighted by Crippen LogP contribution is 2.26. The molecule has 0 saturated heterocycles. The highest BCUT2D eigenvalue weighted by molar-refractivity contribution is 7.90. The first-order valence-corrected chi connectivity index (χ1v) is 7.25. The average Bonchev–Trinajstić information content (AvgIpc) is 2.18. The molecule has 0 aliphatic heterocycles. The summed E-state index contributed by atoms with van der Waals surface area (Å²) >= 11 is 0. The van der Waals surface area contributed by atoms with Crippen LogP contribution in [-0.2, 0) is 9.84 Å². The van der Waals surface area contributed by atoms with Gasteiger partial charge in [-0.3, -0.25) is 0 Å². The lowest BCUT2D eigenvalue weighted by Crippen LogP contribution is -2.11. The summed E-state index contributed by atoms with van der Waals surface area (Å²) in [6.45, 7) is 2.07. The summed E-state index contributed by atoms with van der Waals surface area (Å²) in [5, 5.41) is -0.335. The van der Waals surface area contributed by atoms with Crippen molar-refractivity contribution < 1.29 is 8.42 Å². The second kappa shape index (κ2) is 5.31. The van der Waals surface area contributed by atoms with E-state index in [2.05, 4.69) is 6.92 Å². The van der Waals surface area contributed by atoms with Gasteiger partial charge in [-0.05, 0) is 12.0 Å². The van der Waals surface area contributed by atoms with E-state index in [1.807, 2.05) is 30.3 Å². The minimum absolute atomic E-state index is 0.335. The third-order valence-corrected chi connectivity index (χ3v) is 4.05. The Labute approximate surface area is 92.2 Å². The summed E-state index contributed by atoms with van der Waals surface area (Å²) in [5.41, 5.74) is 0.911. The molecule has 15 heavy (non-hydrogen) atoms. The Morgan fingerprint density at radius 3 is 2.27 bits per heavy atom. The molecule has 0 heterocycles. The largest absolute Gasteiger partial charge is 0.228 e. The lowest BCUT2D eigenvalue weighted by atomic mass is 10.1. The molecule has 0 aliphatic rings.